The van der Waals surface area contributed by atoms with Gasteiger partial charge >= 0.3 is 12.0 Å². The summed E-state index contributed by atoms with van der Waals surface area (Å²) in [6.45, 7) is 4.62. The quantitative estimate of drug-likeness (QED) is 0.467. The minimum Gasteiger partial charge on any atom is -0.480 e. The first kappa shape index (κ1) is 14.7. The number of urea groups is 1. The number of rotatable bonds is 7. The highest BCUT2D eigenvalue weighted by molar-refractivity contribution is 5.82. The predicted molar refractivity (Wildman–Crippen MR) is 61.1 cm³/mol. The van der Waals surface area contributed by atoms with Gasteiger partial charge in [-0.3, -0.25) is 0 Å². The van der Waals surface area contributed by atoms with Crippen molar-refractivity contribution in [2.45, 2.75) is 32.7 Å². The molecule has 94 valence electrons. The first-order valence-corrected chi connectivity index (χ1v) is 5.50. The standard InChI is InChI=1S/C10H21N3O3/c1-3-7(2)8(9(14)15)13-10(16)12-6-4-5-11/h7-8H,3-6,11H2,1-2H3,(H,14,15)(H2,12,13,16)/t7-,8-/m0/s1. The van der Waals surface area contributed by atoms with E-state index in [1.54, 1.807) is 6.92 Å². The van der Waals surface area contributed by atoms with E-state index in [4.69, 9.17) is 10.8 Å². The Labute approximate surface area is 95.6 Å². The third-order valence-electron chi connectivity index (χ3n) is 2.43. The van der Waals surface area contributed by atoms with Crippen molar-refractivity contribution in [2.75, 3.05) is 13.1 Å². The average molecular weight is 231 g/mol. The van der Waals surface area contributed by atoms with Gasteiger partial charge in [-0.05, 0) is 18.9 Å². The number of nitrogens with two attached hydrogens (primary N) is 1. The van der Waals surface area contributed by atoms with Gasteiger partial charge in [0.2, 0.25) is 0 Å². The molecule has 0 aliphatic carbocycles. The largest absolute Gasteiger partial charge is 0.480 e. The van der Waals surface area contributed by atoms with Crippen molar-refractivity contribution in [2.24, 2.45) is 11.7 Å². The number of nitrogens with one attached hydrogen (secondary N) is 2. The zero-order chi connectivity index (χ0) is 12.6. The second-order valence-electron chi connectivity index (χ2n) is 3.74. The van der Waals surface area contributed by atoms with E-state index in [1.165, 1.54) is 0 Å². The van der Waals surface area contributed by atoms with Crippen LogP contribution >= 0.6 is 0 Å². The Balaban J connectivity index is 4.09. The maximum Gasteiger partial charge on any atom is 0.326 e. The molecule has 0 spiro atoms. The second-order valence-corrected chi connectivity index (χ2v) is 3.74. The van der Waals surface area contributed by atoms with Gasteiger partial charge in [0.25, 0.3) is 0 Å². The minimum absolute atomic E-state index is 0.0993. The molecule has 0 saturated heterocycles. The van der Waals surface area contributed by atoms with Crippen LogP contribution in [-0.2, 0) is 4.79 Å². The molecule has 6 heteroatoms. The molecule has 2 amide bonds. The fourth-order valence-corrected chi connectivity index (χ4v) is 1.18. The van der Waals surface area contributed by atoms with E-state index in [9.17, 15) is 9.59 Å². The topological polar surface area (TPSA) is 104 Å². The Kier molecular flexibility index (Phi) is 7.28. The molecule has 0 aliphatic heterocycles. The lowest BCUT2D eigenvalue weighted by Gasteiger charge is -2.20. The number of hydrogen-bond donors (Lipinski definition) is 4. The Morgan fingerprint density at radius 2 is 2.06 bits per heavy atom. The lowest BCUT2D eigenvalue weighted by molar-refractivity contribution is -0.140. The summed E-state index contributed by atoms with van der Waals surface area (Å²) in [6.07, 6.45) is 1.37. The fourth-order valence-electron chi connectivity index (χ4n) is 1.18. The van der Waals surface area contributed by atoms with Crippen LogP contribution in [0.15, 0.2) is 0 Å². The van der Waals surface area contributed by atoms with E-state index >= 15 is 0 Å². The first-order valence-electron chi connectivity index (χ1n) is 5.50. The van der Waals surface area contributed by atoms with Crippen LogP contribution in [0, 0.1) is 5.92 Å². The molecule has 0 fully saturated rings. The Bertz CT molecular complexity index is 233. The number of hydrogen-bond acceptors (Lipinski definition) is 3. The van der Waals surface area contributed by atoms with E-state index in [2.05, 4.69) is 10.6 Å². The van der Waals surface area contributed by atoms with Gasteiger partial charge in [0.15, 0.2) is 0 Å². The van der Waals surface area contributed by atoms with Gasteiger partial charge in [-0.1, -0.05) is 20.3 Å². The number of amides is 2. The van der Waals surface area contributed by atoms with Crippen LogP contribution in [0.1, 0.15) is 26.7 Å². The van der Waals surface area contributed by atoms with E-state index in [0.29, 0.717) is 25.9 Å². The molecule has 0 heterocycles. The highest BCUT2D eigenvalue weighted by Gasteiger charge is 2.24. The molecule has 0 saturated carbocycles. The van der Waals surface area contributed by atoms with Crippen LogP contribution in [-0.4, -0.2) is 36.2 Å². The first-order chi connectivity index (χ1) is 7.52. The van der Waals surface area contributed by atoms with E-state index < -0.39 is 18.0 Å². The minimum atomic E-state index is -1.01. The summed E-state index contributed by atoms with van der Waals surface area (Å²) in [5.41, 5.74) is 5.27. The molecule has 5 N–H and O–H groups in total. The van der Waals surface area contributed by atoms with Crippen LogP contribution in [0.2, 0.25) is 0 Å². The third kappa shape index (κ3) is 5.55. The van der Waals surface area contributed by atoms with Crippen molar-refractivity contribution in [1.82, 2.24) is 10.6 Å². The molecule has 0 aromatic carbocycles. The molecular weight excluding hydrogens is 210 g/mol. The fraction of sp³-hybridized carbons (Fsp3) is 0.800. The summed E-state index contributed by atoms with van der Waals surface area (Å²) >= 11 is 0. The summed E-state index contributed by atoms with van der Waals surface area (Å²) in [6, 6.07) is -1.30. The van der Waals surface area contributed by atoms with Crippen molar-refractivity contribution in [1.29, 1.82) is 0 Å². The van der Waals surface area contributed by atoms with Gasteiger partial charge < -0.3 is 21.5 Å². The number of carboxylic acid groups (broad SMARTS) is 1. The lowest BCUT2D eigenvalue weighted by atomic mass is 9.99. The molecular formula is C10H21N3O3. The van der Waals surface area contributed by atoms with Crippen molar-refractivity contribution < 1.29 is 14.7 Å². The van der Waals surface area contributed by atoms with Gasteiger partial charge in [-0.15, -0.1) is 0 Å². The van der Waals surface area contributed by atoms with Gasteiger partial charge in [-0.2, -0.15) is 0 Å². The van der Waals surface area contributed by atoms with Crippen LogP contribution in [0.3, 0.4) is 0 Å². The predicted octanol–water partition coefficient (Wildman–Crippen LogP) is 0.134. The monoisotopic (exact) mass is 231 g/mol. The van der Waals surface area contributed by atoms with Gasteiger partial charge in [0.1, 0.15) is 6.04 Å². The van der Waals surface area contributed by atoms with Crippen molar-refractivity contribution in [3.05, 3.63) is 0 Å². The highest BCUT2D eigenvalue weighted by Crippen LogP contribution is 2.07. The number of carboxylic acids is 1. The highest BCUT2D eigenvalue weighted by atomic mass is 16.4. The SMILES string of the molecule is CC[C@H](C)[C@H](NC(=O)NCCCN)C(=O)O. The molecule has 0 radical (unpaired) electrons. The summed E-state index contributed by atoms with van der Waals surface area (Å²) in [5.74, 6) is -1.11. The van der Waals surface area contributed by atoms with Crippen molar-refractivity contribution in [3.63, 3.8) is 0 Å². The van der Waals surface area contributed by atoms with Crippen LogP contribution < -0.4 is 16.4 Å². The van der Waals surface area contributed by atoms with Gasteiger partial charge in [0, 0.05) is 6.54 Å². The normalized spacial score (nSPS) is 13.9. The molecule has 2 atom stereocenters. The van der Waals surface area contributed by atoms with Crippen LogP contribution in [0.25, 0.3) is 0 Å². The molecule has 0 aromatic heterocycles. The number of carbonyl (C=O) groups excluding carboxylic acids is 1. The van der Waals surface area contributed by atoms with Gasteiger partial charge in [-0.25, -0.2) is 9.59 Å². The maximum absolute atomic E-state index is 11.3. The zero-order valence-corrected chi connectivity index (χ0v) is 9.82. The van der Waals surface area contributed by atoms with Crippen molar-refractivity contribution >= 4 is 12.0 Å². The van der Waals surface area contributed by atoms with Crippen LogP contribution in [0.4, 0.5) is 4.79 Å². The molecule has 0 rings (SSSR count). The molecule has 0 unspecified atom stereocenters. The molecule has 0 bridgehead atoms. The summed E-state index contributed by atoms with van der Waals surface area (Å²) in [4.78, 5) is 22.2. The lowest BCUT2D eigenvalue weighted by Crippen LogP contribution is -2.49. The van der Waals surface area contributed by atoms with E-state index in [1.807, 2.05) is 6.92 Å². The molecule has 0 aliphatic rings. The number of carbonyl (C=O) groups is 2. The smallest absolute Gasteiger partial charge is 0.326 e. The Morgan fingerprint density at radius 3 is 2.50 bits per heavy atom. The van der Waals surface area contributed by atoms with E-state index in [0.717, 1.165) is 0 Å². The van der Waals surface area contributed by atoms with Crippen molar-refractivity contribution in [3.8, 4) is 0 Å². The van der Waals surface area contributed by atoms with Gasteiger partial charge in [0.05, 0.1) is 0 Å². The third-order valence-corrected chi connectivity index (χ3v) is 2.43. The Hall–Kier alpha value is -1.30. The summed E-state index contributed by atoms with van der Waals surface area (Å²) < 4.78 is 0. The summed E-state index contributed by atoms with van der Waals surface area (Å²) in [5, 5.41) is 13.9. The zero-order valence-electron chi connectivity index (χ0n) is 9.82. The van der Waals surface area contributed by atoms with Crippen LogP contribution in [0.5, 0.6) is 0 Å². The summed E-state index contributed by atoms with van der Waals surface area (Å²) in [7, 11) is 0. The number of aliphatic carboxylic acids is 1. The molecule has 0 aromatic rings. The van der Waals surface area contributed by atoms with E-state index in [-0.39, 0.29) is 5.92 Å². The second kappa shape index (κ2) is 7.92. The maximum atomic E-state index is 11.3. The average Bonchev–Trinajstić information content (AvgIpc) is 2.25. The molecule has 6 nitrogen and oxygen atoms in total. The molecule has 16 heavy (non-hydrogen) atoms. The Morgan fingerprint density at radius 1 is 1.44 bits per heavy atom.